The second-order valence-electron chi connectivity index (χ2n) is 7.12. The average Bonchev–Trinajstić information content (AvgIpc) is 2.72. The van der Waals surface area contributed by atoms with Gasteiger partial charge in [0.2, 0.25) is 0 Å². The van der Waals surface area contributed by atoms with E-state index in [1.807, 2.05) is 0 Å². The summed E-state index contributed by atoms with van der Waals surface area (Å²) in [5.41, 5.74) is 0.499. The first kappa shape index (κ1) is 20.5. The summed E-state index contributed by atoms with van der Waals surface area (Å²) in [7, 11) is 0. The molecule has 0 radical (unpaired) electrons. The fourth-order valence-electron chi connectivity index (χ4n) is 2.52. The van der Waals surface area contributed by atoms with Gasteiger partial charge in [-0.15, -0.1) is 0 Å². The maximum Gasteiger partial charge on any atom is 0.270 e. The van der Waals surface area contributed by atoms with Crippen molar-refractivity contribution in [3.63, 3.8) is 0 Å². The minimum atomic E-state index is -2.57. The van der Waals surface area contributed by atoms with Crippen LogP contribution in [0.4, 0.5) is 8.78 Å². The molecule has 1 aromatic carbocycles. The first-order valence-electron chi connectivity index (χ1n) is 8.91. The lowest BCUT2D eigenvalue weighted by molar-refractivity contribution is 0.0692. The van der Waals surface area contributed by atoms with Crippen molar-refractivity contribution in [3.05, 3.63) is 66.1 Å². The normalized spacial score (nSPS) is 11.5. The Morgan fingerprint density at radius 1 is 1.14 bits per heavy atom. The SMILES string of the molecule is CC(C)(O)CNC(=O)c1cc(-c2ccc(C(F)F)cc2)nc(-c2cccnc2)n1. The van der Waals surface area contributed by atoms with Crippen molar-refractivity contribution < 1.29 is 18.7 Å². The fraction of sp³-hybridized carbons (Fsp3) is 0.238. The Labute approximate surface area is 166 Å². The Bertz CT molecular complexity index is 988. The molecule has 3 rings (SSSR count). The van der Waals surface area contributed by atoms with Crippen molar-refractivity contribution >= 4 is 5.91 Å². The van der Waals surface area contributed by atoms with Crippen LogP contribution in [0, 0.1) is 0 Å². The van der Waals surface area contributed by atoms with Crippen molar-refractivity contribution in [2.45, 2.75) is 25.9 Å². The molecule has 0 unspecified atom stereocenters. The highest BCUT2D eigenvalue weighted by atomic mass is 19.3. The van der Waals surface area contributed by atoms with Crippen LogP contribution in [0.2, 0.25) is 0 Å². The summed E-state index contributed by atoms with van der Waals surface area (Å²) in [6.07, 6.45) is 0.605. The molecule has 3 aromatic rings. The van der Waals surface area contributed by atoms with Gasteiger partial charge >= 0.3 is 0 Å². The number of alkyl halides is 2. The molecule has 6 nitrogen and oxygen atoms in total. The standard InChI is InChI=1S/C21H20F2N4O2/c1-21(2,29)12-25-20(28)17-10-16(13-5-7-14(8-6-13)18(22)23)26-19(27-17)15-4-3-9-24-11-15/h3-11,18,29H,12H2,1-2H3,(H,25,28). The largest absolute Gasteiger partial charge is 0.389 e. The number of aliphatic hydroxyl groups is 1. The number of carbonyl (C=O) groups excluding carboxylic acids is 1. The third kappa shape index (κ3) is 5.39. The molecule has 2 heterocycles. The van der Waals surface area contributed by atoms with E-state index in [0.29, 0.717) is 16.8 Å². The second kappa shape index (κ2) is 8.40. The van der Waals surface area contributed by atoms with E-state index in [0.717, 1.165) is 0 Å². The zero-order chi connectivity index (χ0) is 21.0. The van der Waals surface area contributed by atoms with Crippen LogP contribution in [-0.4, -0.2) is 38.1 Å². The van der Waals surface area contributed by atoms with Crippen LogP contribution in [0.5, 0.6) is 0 Å². The zero-order valence-corrected chi connectivity index (χ0v) is 15.9. The number of halogens is 2. The van der Waals surface area contributed by atoms with Gasteiger partial charge < -0.3 is 10.4 Å². The minimum absolute atomic E-state index is 0.0382. The molecule has 0 spiro atoms. The average molecular weight is 398 g/mol. The Hall–Kier alpha value is -3.26. The minimum Gasteiger partial charge on any atom is -0.389 e. The number of hydrogen-bond acceptors (Lipinski definition) is 5. The molecule has 0 aliphatic heterocycles. The van der Waals surface area contributed by atoms with Crippen LogP contribution in [0.1, 0.15) is 36.3 Å². The Kier molecular flexibility index (Phi) is 5.93. The van der Waals surface area contributed by atoms with Crippen molar-refractivity contribution in [3.8, 4) is 22.6 Å². The second-order valence-corrected chi connectivity index (χ2v) is 7.12. The first-order chi connectivity index (χ1) is 13.7. The summed E-state index contributed by atoms with van der Waals surface area (Å²) in [5.74, 6) is -0.202. The lowest BCUT2D eigenvalue weighted by Crippen LogP contribution is -2.38. The van der Waals surface area contributed by atoms with E-state index in [1.54, 1.807) is 38.4 Å². The molecule has 150 valence electrons. The molecule has 1 amide bonds. The number of hydrogen-bond donors (Lipinski definition) is 2. The Morgan fingerprint density at radius 3 is 2.45 bits per heavy atom. The highest BCUT2D eigenvalue weighted by Gasteiger charge is 2.18. The van der Waals surface area contributed by atoms with Crippen LogP contribution >= 0.6 is 0 Å². The van der Waals surface area contributed by atoms with Gasteiger partial charge in [0.05, 0.1) is 11.3 Å². The van der Waals surface area contributed by atoms with Crippen molar-refractivity contribution in [2.24, 2.45) is 0 Å². The van der Waals surface area contributed by atoms with E-state index in [-0.39, 0.29) is 23.6 Å². The number of nitrogens with zero attached hydrogens (tertiary/aromatic N) is 3. The summed E-state index contributed by atoms with van der Waals surface area (Å²) in [4.78, 5) is 25.4. The topological polar surface area (TPSA) is 88.0 Å². The van der Waals surface area contributed by atoms with Crippen LogP contribution < -0.4 is 5.32 Å². The van der Waals surface area contributed by atoms with Gasteiger partial charge in [0.15, 0.2) is 5.82 Å². The molecule has 0 fully saturated rings. The number of pyridine rings is 1. The molecule has 2 N–H and O–H groups in total. The number of rotatable bonds is 6. The summed E-state index contributed by atoms with van der Waals surface area (Å²) >= 11 is 0. The van der Waals surface area contributed by atoms with E-state index in [1.165, 1.54) is 30.3 Å². The van der Waals surface area contributed by atoms with Crippen LogP contribution in [0.3, 0.4) is 0 Å². The fourth-order valence-corrected chi connectivity index (χ4v) is 2.52. The van der Waals surface area contributed by atoms with Gasteiger partial charge in [0.1, 0.15) is 5.69 Å². The molecule has 0 saturated heterocycles. The summed E-state index contributed by atoms with van der Waals surface area (Å²) < 4.78 is 25.7. The molecule has 0 bridgehead atoms. The van der Waals surface area contributed by atoms with Crippen LogP contribution in [-0.2, 0) is 0 Å². The van der Waals surface area contributed by atoms with E-state index in [4.69, 9.17) is 0 Å². The quantitative estimate of drug-likeness (QED) is 0.662. The molecule has 0 aliphatic carbocycles. The van der Waals surface area contributed by atoms with E-state index >= 15 is 0 Å². The van der Waals surface area contributed by atoms with Crippen molar-refractivity contribution in [1.29, 1.82) is 0 Å². The lowest BCUT2D eigenvalue weighted by atomic mass is 10.1. The number of nitrogens with one attached hydrogen (secondary N) is 1. The third-order valence-electron chi connectivity index (χ3n) is 4.02. The van der Waals surface area contributed by atoms with Crippen LogP contribution in [0.25, 0.3) is 22.6 Å². The molecule has 0 aliphatic rings. The summed E-state index contributed by atoms with van der Waals surface area (Å²) in [6, 6.07) is 10.6. The summed E-state index contributed by atoms with van der Waals surface area (Å²) in [5, 5.41) is 12.5. The molecule has 0 atom stereocenters. The molecule has 0 saturated carbocycles. The molecular weight excluding hydrogens is 378 g/mol. The maximum atomic E-state index is 12.8. The zero-order valence-electron chi connectivity index (χ0n) is 15.9. The Balaban J connectivity index is 2.02. The van der Waals surface area contributed by atoms with Crippen molar-refractivity contribution in [1.82, 2.24) is 20.3 Å². The smallest absolute Gasteiger partial charge is 0.270 e. The monoisotopic (exact) mass is 398 g/mol. The predicted octanol–water partition coefficient (Wildman–Crippen LogP) is 3.64. The van der Waals surface area contributed by atoms with Gasteiger partial charge in [-0.05, 0) is 32.0 Å². The van der Waals surface area contributed by atoms with Gasteiger partial charge in [0.25, 0.3) is 12.3 Å². The van der Waals surface area contributed by atoms with Gasteiger partial charge in [-0.25, -0.2) is 18.7 Å². The molecular formula is C21H20F2N4O2. The highest BCUT2D eigenvalue weighted by molar-refractivity contribution is 5.93. The van der Waals surface area contributed by atoms with Crippen LogP contribution in [0.15, 0.2) is 54.9 Å². The van der Waals surface area contributed by atoms with Gasteiger partial charge in [0, 0.05) is 35.6 Å². The van der Waals surface area contributed by atoms with Gasteiger partial charge in [-0.2, -0.15) is 0 Å². The number of carbonyl (C=O) groups is 1. The first-order valence-corrected chi connectivity index (χ1v) is 8.91. The number of amides is 1. The number of aromatic nitrogens is 3. The summed E-state index contributed by atoms with van der Waals surface area (Å²) in [6.45, 7) is 3.19. The van der Waals surface area contributed by atoms with E-state index < -0.39 is 17.9 Å². The predicted molar refractivity (Wildman–Crippen MR) is 104 cm³/mol. The van der Waals surface area contributed by atoms with E-state index in [2.05, 4.69) is 20.3 Å². The van der Waals surface area contributed by atoms with Gasteiger partial charge in [-0.1, -0.05) is 24.3 Å². The van der Waals surface area contributed by atoms with Gasteiger partial charge in [-0.3, -0.25) is 9.78 Å². The lowest BCUT2D eigenvalue weighted by Gasteiger charge is -2.17. The maximum absolute atomic E-state index is 12.8. The Morgan fingerprint density at radius 2 is 1.86 bits per heavy atom. The molecule has 29 heavy (non-hydrogen) atoms. The highest BCUT2D eigenvalue weighted by Crippen LogP contribution is 2.25. The molecule has 8 heteroatoms. The third-order valence-corrected chi connectivity index (χ3v) is 4.02. The van der Waals surface area contributed by atoms with E-state index in [9.17, 15) is 18.7 Å². The number of benzene rings is 1. The molecule has 2 aromatic heterocycles. The van der Waals surface area contributed by atoms with Crippen molar-refractivity contribution in [2.75, 3.05) is 6.54 Å².